The molecule has 0 radical (unpaired) electrons. The van der Waals surface area contributed by atoms with Crippen LogP contribution in [0.3, 0.4) is 0 Å². The van der Waals surface area contributed by atoms with Gasteiger partial charge in [0.05, 0.1) is 5.56 Å². The van der Waals surface area contributed by atoms with Gasteiger partial charge in [-0.05, 0) is 34.7 Å². The summed E-state index contributed by atoms with van der Waals surface area (Å²) in [5, 5.41) is 11.7. The maximum absolute atomic E-state index is 11.1. The van der Waals surface area contributed by atoms with Crippen molar-refractivity contribution in [2.45, 2.75) is 4.90 Å². The third-order valence-corrected chi connectivity index (χ3v) is 4.26. The molecule has 0 saturated heterocycles. The van der Waals surface area contributed by atoms with Gasteiger partial charge < -0.3 is 5.11 Å². The number of carboxylic acids is 1. The van der Waals surface area contributed by atoms with E-state index in [1.54, 1.807) is 0 Å². The summed E-state index contributed by atoms with van der Waals surface area (Å²) in [4.78, 5) is 11.8. The lowest BCUT2D eigenvalue weighted by Gasteiger charge is -2.01. The Morgan fingerprint density at radius 2 is 2.21 bits per heavy atom. The largest absolute Gasteiger partial charge is 0.478 e. The van der Waals surface area contributed by atoms with Gasteiger partial charge in [0.25, 0.3) is 0 Å². The smallest absolute Gasteiger partial charge is 0.337 e. The molecule has 0 fully saturated rings. The summed E-state index contributed by atoms with van der Waals surface area (Å²) in [5.41, 5.74) is 0.356. The van der Waals surface area contributed by atoms with Crippen LogP contribution in [0.5, 0.6) is 0 Å². The van der Waals surface area contributed by atoms with E-state index in [1.807, 2.05) is 40.1 Å². The lowest BCUT2D eigenvalue weighted by molar-refractivity contribution is 0.0698. The number of rotatable bonds is 1. The summed E-state index contributed by atoms with van der Waals surface area (Å²) in [6.07, 6.45) is 0. The molecular weight excluding hydrogens is 331 g/mol. The molecule has 0 amide bonds. The zero-order chi connectivity index (χ0) is 10.3. The van der Waals surface area contributed by atoms with Crippen molar-refractivity contribution in [3.63, 3.8) is 0 Å². The fourth-order valence-electron chi connectivity index (χ4n) is 1.30. The number of aromatic carboxylic acids is 1. The second-order valence-electron chi connectivity index (χ2n) is 2.72. The van der Waals surface area contributed by atoms with Crippen molar-refractivity contribution in [1.29, 1.82) is 0 Å². The maximum Gasteiger partial charge on any atom is 0.337 e. The second kappa shape index (κ2) is 3.71. The Bertz CT molecular complexity index is 519. The molecule has 1 N–H and O–H groups in total. The van der Waals surface area contributed by atoms with Crippen LogP contribution in [0.1, 0.15) is 10.4 Å². The molecule has 2 nitrogen and oxygen atoms in total. The first kappa shape index (κ1) is 10.3. The van der Waals surface area contributed by atoms with E-state index in [4.69, 9.17) is 5.11 Å². The van der Waals surface area contributed by atoms with Crippen LogP contribution in [0.2, 0.25) is 0 Å². The van der Waals surface area contributed by atoms with Crippen LogP contribution >= 0.6 is 46.6 Å². The van der Waals surface area contributed by atoms with Gasteiger partial charge in [-0.15, -0.1) is 24.0 Å². The van der Waals surface area contributed by atoms with E-state index in [1.165, 1.54) is 11.3 Å². The van der Waals surface area contributed by atoms with Crippen LogP contribution in [0.25, 0.3) is 10.1 Å². The van der Waals surface area contributed by atoms with Gasteiger partial charge in [0, 0.05) is 23.9 Å². The van der Waals surface area contributed by atoms with Crippen LogP contribution in [0, 0.1) is 3.57 Å². The predicted molar refractivity (Wildman–Crippen MR) is 68.8 cm³/mol. The number of thiol groups is 1. The van der Waals surface area contributed by atoms with E-state index in [0.717, 1.165) is 18.6 Å². The molecule has 72 valence electrons. The Morgan fingerprint density at radius 3 is 2.86 bits per heavy atom. The van der Waals surface area contributed by atoms with Crippen LogP contribution in [-0.4, -0.2) is 11.1 Å². The topological polar surface area (TPSA) is 37.3 Å². The van der Waals surface area contributed by atoms with E-state index < -0.39 is 5.97 Å². The Labute approximate surface area is 103 Å². The Kier molecular flexibility index (Phi) is 2.72. The molecule has 1 heterocycles. The fraction of sp³-hybridized carbons (Fsp3) is 0. The van der Waals surface area contributed by atoms with Crippen molar-refractivity contribution >= 4 is 62.6 Å². The van der Waals surface area contributed by atoms with Gasteiger partial charge in [0.15, 0.2) is 0 Å². The number of carboxylic acid groups (broad SMARTS) is 1. The molecule has 0 bridgehead atoms. The van der Waals surface area contributed by atoms with Crippen molar-refractivity contribution < 1.29 is 9.90 Å². The Balaban J connectivity index is 2.94. The van der Waals surface area contributed by atoms with Crippen molar-refractivity contribution in [1.82, 2.24) is 0 Å². The van der Waals surface area contributed by atoms with E-state index in [-0.39, 0.29) is 0 Å². The highest BCUT2D eigenvalue weighted by Gasteiger charge is 2.15. The molecule has 0 spiro atoms. The molecule has 14 heavy (non-hydrogen) atoms. The Morgan fingerprint density at radius 1 is 1.50 bits per heavy atom. The van der Waals surface area contributed by atoms with Gasteiger partial charge in [-0.1, -0.05) is 0 Å². The SMILES string of the molecule is O=C(O)c1c(I)ccc2scc(S)c12. The van der Waals surface area contributed by atoms with Crippen LogP contribution in [0.4, 0.5) is 0 Å². The van der Waals surface area contributed by atoms with Crippen molar-refractivity contribution in [3.8, 4) is 0 Å². The fourth-order valence-corrected chi connectivity index (χ4v) is 3.28. The highest BCUT2D eigenvalue weighted by Crippen LogP contribution is 2.33. The molecule has 2 aromatic rings. The zero-order valence-corrected chi connectivity index (χ0v) is 10.7. The maximum atomic E-state index is 11.1. The summed E-state index contributed by atoms with van der Waals surface area (Å²) >= 11 is 7.80. The second-order valence-corrected chi connectivity index (χ2v) is 5.28. The van der Waals surface area contributed by atoms with Crippen molar-refractivity contribution in [2.24, 2.45) is 0 Å². The van der Waals surface area contributed by atoms with Gasteiger partial charge in [0.1, 0.15) is 0 Å². The minimum absolute atomic E-state index is 0.356. The Hall–Kier alpha value is -0.270. The molecule has 5 heteroatoms. The van der Waals surface area contributed by atoms with E-state index >= 15 is 0 Å². The molecule has 1 aromatic heterocycles. The number of carbonyl (C=O) groups is 1. The summed E-state index contributed by atoms with van der Waals surface area (Å²) in [7, 11) is 0. The third kappa shape index (κ3) is 1.53. The summed E-state index contributed by atoms with van der Waals surface area (Å²) in [5.74, 6) is -0.895. The minimum Gasteiger partial charge on any atom is -0.478 e. The number of fused-ring (bicyclic) bond motifs is 1. The quantitative estimate of drug-likeness (QED) is 0.618. The normalized spacial score (nSPS) is 10.7. The summed E-state index contributed by atoms with van der Waals surface area (Å²) in [6, 6.07) is 3.74. The first-order valence-electron chi connectivity index (χ1n) is 3.73. The summed E-state index contributed by atoms with van der Waals surface area (Å²) in [6.45, 7) is 0. The standard InChI is InChI=1S/C9H5IO2S2/c10-4-1-2-6-8(5(13)3-14-6)7(4)9(11)12/h1-3,13H,(H,11,12). The molecule has 0 unspecified atom stereocenters. The first-order valence-corrected chi connectivity index (χ1v) is 6.14. The number of hydrogen-bond donors (Lipinski definition) is 2. The van der Waals surface area contributed by atoms with Crippen LogP contribution < -0.4 is 0 Å². The molecule has 0 aliphatic heterocycles. The number of halogens is 1. The third-order valence-electron chi connectivity index (χ3n) is 1.88. The van der Waals surface area contributed by atoms with Gasteiger partial charge in [0.2, 0.25) is 0 Å². The van der Waals surface area contributed by atoms with Gasteiger partial charge in [-0.2, -0.15) is 0 Å². The summed E-state index contributed by atoms with van der Waals surface area (Å²) < 4.78 is 1.71. The average Bonchev–Trinajstić information content (AvgIpc) is 2.47. The molecule has 1 aromatic carbocycles. The average molecular weight is 336 g/mol. The number of benzene rings is 1. The zero-order valence-electron chi connectivity index (χ0n) is 6.82. The lowest BCUT2D eigenvalue weighted by atomic mass is 10.1. The monoisotopic (exact) mass is 336 g/mol. The minimum atomic E-state index is -0.895. The number of thiophene rings is 1. The highest BCUT2D eigenvalue weighted by atomic mass is 127. The molecule has 2 rings (SSSR count). The number of hydrogen-bond acceptors (Lipinski definition) is 3. The van der Waals surface area contributed by atoms with Gasteiger partial charge in [-0.3, -0.25) is 0 Å². The van der Waals surface area contributed by atoms with Crippen molar-refractivity contribution in [3.05, 3.63) is 26.6 Å². The van der Waals surface area contributed by atoms with E-state index in [9.17, 15) is 4.79 Å². The van der Waals surface area contributed by atoms with E-state index in [2.05, 4.69) is 12.6 Å². The lowest BCUT2D eigenvalue weighted by Crippen LogP contribution is -2.00. The molecule has 0 aliphatic rings. The predicted octanol–water partition coefficient (Wildman–Crippen LogP) is 3.49. The molecular formula is C9H5IO2S2. The van der Waals surface area contributed by atoms with Gasteiger partial charge >= 0.3 is 5.97 Å². The molecule has 0 saturated carbocycles. The van der Waals surface area contributed by atoms with Crippen LogP contribution in [-0.2, 0) is 0 Å². The van der Waals surface area contributed by atoms with Crippen LogP contribution in [0.15, 0.2) is 22.4 Å². The first-order chi connectivity index (χ1) is 6.61. The molecule has 0 atom stereocenters. The van der Waals surface area contributed by atoms with Gasteiger partial charge in [-0.25, -0.2) is 4.79 Å². The van der Waals surface area contributed by atoms with E-state index in [0.29, 0.717) is 5.56 Å². The molecule has 0 aliphatic carbocycles. The highest BCUT2D eigenvalue weighted by molar-refractivity contribution is 14.1. The van der Waals surface area contributed by atoms with Crippen molar-refractivity contribution in [2.75, 3.05) is 0 Å².